The Morgan fingerprint density at radius 1 is 0.895 bits per heavy atom. The van der Waals surface area contributed by atoms with E-state index in [1.807, 2.05) is 0 Å². The first-order chi connectivity index (χ1) is 8.99. The third-order valence-corrected chi connectivity index (χ3v) is 3.82. The third-order valence-electron chi connectivity index (χ3n) is 3.82. The highest BCUT2D eigenvalue weighted by atomic mass is 14.2. The van der Waals surface area contributed by atoms with Crippen LogP contribution in [0.1, 0.15) is 50.3 Å². The minimum Gasteiger partial charge on any atom is -0.0622 e. The Labute approximate surface area is 117 Å². The van der Waals surface area contributed by atoms with Gasteiger partial charge in [-0.05, 0) is 34.4 Å². The Morgan fingerprint density at radius 3 is 2.21 bits per heavy atom. The van der Waals surface area contributed by atoms with Gasteiger partial charge in [-0.15, -0.1) is 0 Å². The van der Waals surface area contributed by atoms with Crippen LogP contribution < -0.4 is 0 Å². The molecular formula is C19H24. The van der Waals surface area contributed by atoms with Crippen molar-refractivity contribution < 1.29 is 0 Å². The first kappa shape index (κ1) is 13.9. The molecule has 0 N–H and O–H groups in total. The molecule has 2 aromatic rings. The standard InChI is InChI=1S/C19H24/c1-15(2)17-10-8-9-16(13-17)14-19(3,4)18-11-6-5-7-12-18/h5-13,15H,14H2,1-4H3. The lowest BCUT2D eigenvalue weighted by atomic mass is 9.79. The van der Waals surface area contributed by atoms with E-state index in [9.17, 15) is 0 Å². The topological polar surface area (TPSA) is 0 Å². The molecule has 0 saturated heterocycles. The molecule has 0 heterocycles. The molecule has 0 amide bonds. The van der Waals surface area contributed by atoms with Crippen LogP contribution in [0.5, 0.6) is 0 Å². The van der Waals surface area contributed by atoms with Crippen LogP contribution in [-0.4, -0.2) is 0 Å². The highest BCUT2D eigenvalue weighted by Crippen LogP contribution is 2.28. The molecule has 0 aliphatic heterocycles. The van der Waals surface area contributed by atoms with E-state index in [1.165, 1.54) is 16.7 Å². The number of benzene rings is 2. The molecule has 2 aromatic carbocycles. The van der Waals surface area contributed by atoms with Crippen molar-refractivity contribution in [1.29, 1.82) is 0 Å². The molecule has 0 radical (unpaired) electrons. The largest absolute Gasteiger partial charge is 0.0622 e. The Hall–Kier alpha value is -1.56. The van der Waals surface area contributed by atoms with Crippen LogP contribution in [0.25, 0.3) is 0 Å². The molecule has 100 valence electrons. The van der Waals surface area contributed by atoms with E-state index in [0.29, 0.717) is 5.92 Å². The van der Waals surface area contributed by atoms with Gasteiger partial charge in [0.05, 0.1) is 0 Å². The molecular weight excluding hydrogens is 228 g/mol. The second-order valence-electron chi connectivity index (χ2n) is 6.33. The van der Waals surface area contributed by atoms with E-state index >= 15 is 0 Å². The minimum atomic E-state index is 0.177. The molecule has 0 aliphatic carbocycles. The quantitative estimate of drug-likeness (QED) is 0.690. The van der Waals surface area contributed by atoms with Crippen molar-refractivity contribution in [3.05, 3.63) is 71.3 Å². The second kappa shape index (κ2) is 5.61. The van der Waals surface area contributed by atoms with Gasteiger partial charge >= 0.3 is 0 Å². The first-order valence-corrected chi connectivity index (χ1v) is 7.13. The number of hydrogen-bond donors (Lipinski definition) is 0. The Kier molecular flexibility index (Phi) is 4.09. The van der Waals surface area contributed by atoms with Crippen molar-refractivity contribution in [3.8, 4) is 0 Å². The van der Waals surface area contributed by atoms with Crippen molar-refractivity contribution in [3.63, 3.8) is 0 Å². The van der Waals surface area contributed by atoms with E-state index in [4.69, 9.17) is 0 Å². The lowest BCUT2D eigenvalue weighted by molar-refractivity contribution is 0.522. The second-order valence-corrected chi connectivity index (χ2v) is 6.33. The van der Waals surface area contributed by atoms with Gasteiger partial charge in [0, 0.05) is 0 Å². The summed E-state index contributed by atoms with van der Waals surface area (Å²) in [5, 5.41) is 0. The van der Waals surface area contributed by atoms with Gasteiger partial charge in [0.1, 0.15) is 0 Å². The number of rotatable bonds is 4. The van der Waals surface area contributed by atoms with Crippen molar-refractivity contribution in [2.75, 3.05) is 0 Å². The van der Waals surface area contributed by atoms with E-state index in [-0.39, 0.29) is 5.41 Å². The molecule has 0 aliphatic rings. The van der Waals surface area contributed by atoms with Crippen molar-refractivity contribution in [2.45, 2.75) is 45.4 Å². The van der Waals surface area contributed by atoms with Crippen molar-refractivity contribution >= 4 is 0 Å². The van der Waals surface area contributed by atoms with Gasteiger partial charge in [-0.3, -0.25) is 0 Å². The SMILES string of the molecule is CC(C)c1cccc(CC(C)(C)c2ccccc2)c1. The molecule has 19 heavy (non-hydrogen) atoms. The van der Waals surface area contributed by atoms with E-state index in [1.54, 1.807) is 0 Å². The third kappa shape index (κ3) is 3.47. The molecule has 0 fully saturated rings. The summed E-state index contributed by atoms with van der Waals surface area (Å²) in [5.74, 6) is 0.597. The lowest BCUT2D eigenvalue weighted by Crippen LogP contribution is -2.20. The molecule has 0 saturated carbocycles. The predicted octanol–water partition coefficient (Wildman–Crippen LogP) is 5.33. The molecule has 0 unspecified atom stereocenters. The van der Waals surface area contributed by atoms with E-state index in [2.05, 4.69) is 82.3 Å². The van der Waals surface area contributed by atoms with Crippen LogP contribution in [0.15, 0.2) is 54.6 Å². The van der Waals surface area contributed by atoms with Gasteiger partial charge in [-0.2, -0.15) is 0 Å². The summed E-state index contributed by atoms with van der Waals surface area (Å²) >= 11 is 0. The van der Waals surface area contributed by atoms with Crippen LogP contribution in [-0.2, 0) is 11.8 Å². The van der Waals surface area contributed by atoms with Gasteiger partial charge < -0.3 is 0 Å². The Balaban J connectivity index is 2.23. The molecule has 0 nitrogen and oxygen atoms in total. The Bertz CT molecular complexity index is 521. The fourth-order valence-electron chi connectivity index (χ4n) is 2.56. The zero-order valence-corrected chi connectivity index (χ0v) is 12.5. The van der Waals surface area contributed by atoms with Crippen molar-refractivity contribution in [2.24, 2.45) is 0 Å². The van der Waals surface area contributed by atoms with Gasteiger partial charge in [0.25, 0.3) is 0 Å². The smallest absolute Gasteiger partial charge is 0.00632 e. The van der Waals surface area contributed by atoms with Crippen LogP contribution in [0.2, 0.25) is 0 Å². The summed E-state index contributed by atoms with van der Waals surface area (Å²) in [6, 6.07) is 19.8. The van der Waals surface area contributed by atoms with Gasteiger partial charge in [0.2, 0.25) is 0 Å². The zero-order valence-electron chi connectivity index (χ0n) is 12.5. The van der Waals surface area contributed by atoms with Gasteiger partial charge in [-0.1, -0.05) is 82.3 Å². The van der Waals surface area contributed by atoms with E-state index in [0.717, 1.165) is 6.42 Å². The maximum atomic E-state index is 2.36. The van der Waals surface area contributed by atoms with Crippen LogP contribution in [0, 0.1) is 0 Å². The summed E-state index contributed by atoms with van der Waals surface area (Å²) < 4.78 is 0. The zero-order chi connectivity index (χ0) is 13.9. The fourth-order valence-corrected chi connectivity index (χ4v) is 2.56. The van der Waals surface area contributed by atoms with Gasteiger partial charge in [-0.25, -0.2) is 0 Å². The van der Waals surface area contributed by atoms with Crippen molar-refractivity contribution in [1.82, 2.24) is 0 Å². The normalized spacial score (nSPS) is 11.8. The molecule has 2 rings (SSSR count). The molecule has 0 heteroatoms. The van der Waals surface area contributed by atoms with Crippen LogP contribution in [0.4, 0.5) is 0 Å². The summed E-state index contributed by atoms with van der Waals surface area (Å²) in [7, 11) is 0. The lowest BCUT2D eigenvalue weighted by Gasteiger charge is -2.26. The average Bonchev–Trinajstić information content (AvgIpc) is 2.39. The van der Waals surface area contributed by atoms with Crippen LogP contribution in [0.3, 0.4) is 0 Å². The highest BCUT2D eigenvalue weighted by Gasteiger charge is 2.20. The summed E-state index contributed by atoms with van der Waals surface area (Å²) in [6.07, 6.45) is 1.08. The molecule has 0 bridgehead atoms. The summed E-state index contributed by atoms with van der Waals surface area (Å²) in [4.78, 5) is 0. The molecule has 0 aromatic heterocycles. The minimum absolute atomic E-state index is 0.177. The fraction of sp³-hybridized carbons (Fsp3) is 0.368. The monoisotopic (exact) mass is 252 g/mol. The predicted molar refractivity (Wildman–Crippen MR) is 83.7 cm³/mol. The maximum Gasteiger partial charge on any atom is -0.00632 e. The van der Waals surface area contributed by atoms with Crippen LogP contribution >= 0.6 is 0 Å². The molecule has 0 atom stereocenters. The Morgan fingerprint density at radius 2 is 1.58 bits per heavy atom. The highest BCUT2D eigenvalue weighted by molar-refractivity contribution is 5.31. The average molecular weight is 252 g/mol. The summed E-state index contributed by atoms with van der Waals surface area (Å²) in [5.41, 5.74) is 4.45. The molecule has 0 spiro atoms. The number of hydrogen-bond acceptors (Lipinski definition) is 0. The summed E-state index contributed by atoms with van der Waals surface area (Å²) in [6.45, 7) is 9.15. The first-order valence-electron chi connectivity index (χ1n) is 7.13. The maximum absolute atomic E-state index is 2.36. The van der Waals surface area contributed by atoms with Gasteiger partial charge in [0.15, 0.2) is 0 Å². The van der Waals surface area contributed by atoms with E-state index < -0.39 is 0 Å².